The molecule has 0 spiro atoms. The highest BCUT2D eigenvalue weighted by Crippen LogP contribution is 2.38. The van der Waals surface area contributed by atoms with Crippen LogP contribution >= 0.6 is 23.6 Å². The van der Waals surface area contributed by atoms with Crippen LogP contribution < -0.4 is 10.2 Å². The van der Waals surface area contributed by atoms with Crippen molar-refractivity contribution in [3.05, 3.63) is 63.5 Å². The van der Waals surface area contributed by atoms with E-state index in [0.29, 0.717) is 24.1 Å². The average Bonchev–Trinajstić information content (AvgIpc) is 3.21. The number of carbonyl (C=O) groups excluding carboxylic acids is 1. The standard InChI is InChI=1S/C20H19F3N2O2S2/c1-3-5-15-16(18(26)27-2)17(12-8-9-29-11-12)24-19(28)25(15)14-7-4-6-13(10-14)20(21,22)23/h4,6-11,17H,3,5H2,1-2H3,(H,24,28). The van der Waals surface area contributed by atoms with Gasteiger partial charge in [0.2, 0.25) is 0 Å². The molecule has 1 unspecified atom stereocenters. The molecule has 1 atom stereocenters. The van der Waals surface area contributed by atoms with E-state index in [1.54, 1.807) is 6.07 Å². The molecule has 154 valence electrons. The third kappa shape index (κ3) is 4.30. The molecule has 1 aromatic heterocycles. The fourth-order valence-electron chi connectivity index (χ4n) is 3.28. The van der Waals surface area contributed by atoms with Crippen molar-refractivity contribution in [2.75, 3.05) is 12.0 Å². The van der Waals surface area contributed by atoms with E-state index in [4.69, 9.17) is 17.0 Å². The molecule has 3 rings (SSSR count). The number of ether oxygens (including phenoxy) is 1. The minimum Gasteiger partial charge on any atom is -0.466 e. The summed E-state index contributed by atoms with van der Waals surface area (Å²) in [5.41, 5.74) is 1.19. The minimum atomic E-state index is -4.49. The lowest BCUT2D eigenvalue weighted by Crippen LogP contribution is -2.48. The van der Waals surface area contributed by atoms with Crippen LogP contribution in [0.3, 0.4) is 0 Å². The Labute approximate surface area is 176 Å². The normalized spacial score (nSPS) is 17.3. The zero-order valence-corrected chi connectivity index (χ0v) is 17.4. The SMILES string of the molecule is CCCC1=C(C(=O)OC)C(c2ccsc2)NC(=S)N1c1cccc(C(F)(F)F)c1. The van der Waals surface area contributed by atoms with Crippen LogP contribution in [-0.2, 0) is 15.7 Å². The number of rotatable bonds is 5. The van der Waals surface area contributed by atoms with E-state index in [-0.39, 0.29) is 10.8 Å². The summed E-state index contributed by atoms with van der Waals surface area (Å²) in [4.78, 5) is 14.2. The van der Waals surface area contributed by atoms with Gasteiger partial charge in [-0.15, -0.1) is 0 Å². The number of hydrogen-bond donors (Lipinski definition) is 1. The molecule has 1 aliphatic heterocycles. The highest BCUT2D eigenvalue weighted by Gasteiger charge is 2.38. The molecule has 4 nitrogen and oxygen atoms in total. The average molecular weight is 441 g/mol. The number of carbonyl (C=O) groups is 1. The predicted octanol–water partition coefficient (Wildman–Crippen LogP) is 5.43. The van der Waals surface area contributed by atoms with Gasteiger partial charge in [-0.3, -0.25) is 4.90 Å². The maximum Gasteiger partial charge on any atom is 0.416 e. The maximum atomic E-state index is 13.2. The number of nitrogens with one attached hydrogen (secondary N) is 1. The van der Waals surface area contributed by atoms with Gasteiger partial charge >= 0.3 is 12.1 Å². The van der Waals surface area contributed by atoms with E-state index in [2.05, 4.69) is 5.32 Å². The molecular weight excluding hydrogens is 421 g/mol. The molecule has 0 radical (unpaired) electrons. The summed E-state index contributed by atoms with van der Waals surface area (Å²) in [7, 11) is 1.28. The number of thiophene rings is 1. The van der Waals surface area contributed by atoms with Gasteiger partial charge in [0.25, 0.3) is 0 Å². The fourth-order valence-corrected chi connectivity index (χ4v) is 4.30. The number of allylic oxidation sites excluding steroid dienone is 1. The van der Waals surface area contributed by atoms with Crippen molar-refractivity contribution in [2.45, 2.75) is 32.0 Å². The van der Waals surface area contributed by atoms with Crippen molar-refractivity contribution < 1.29 is 22.7 Å². The van der Waals surface area contributed by atoms with Crippen LogP contribution in [0.2, 0.25) is 0 Å². The molecule has 2 aromatic rings. The molecule has 0 saturated carbocycles. The maximum absolute atomic E-state index is 13.2. The summed E-state index contributed by atoms with van der Waals surface area (Å²) >= 11 is 6.99. The lowest BCUT2D eigenvalue weighted by molar-refractivity contribution is -0.138. The third-order valence-electron chi connectivity index (χ3n) is 4.54. The van der Waals surface area contributed by atoms with Crippen LogP contribution in [0.25, 0.3) is 0 Å². The van der Waals surface area contributed by atoms with Crippen molar-refractivity contribution in [2.24, 2.45) is 0 Å². The Balaban J connectivity index is 2.20. The number of alkyl halides is 3. The Morgan fingerprint density at radius 1 is 1.34 bits per heavy atom. The van der Waals surface area contributed by atoms with Gasteiger partial charge in [0, 0.05) is 11.4 Å². The predicted molar refractivity (Wildman–Crippen MR) is 111 cm³/mol. The summed E-state index contributed by atoms with van der Waals surface area (Å²) in [6.45, 7) is 1.93. The highest BCUT2D eigenvalue weighted by molar-refractivity contribution is 7.80. The molecule has 1 aliphatic rings. The fraction of sp³-hybridized carbons (Fsp3) is 0.300. The molecule has 2 heterocycles. The zero-order chi connectivity index (χ0) is 21.2. The molecule has 0 bridgehead atoms. The summed E-state index contributed by atoms with van der Waals surface area (Å²) in [6, 6.07) is 6.25. The van der Waals surface area contributed by atoms with Crippen LogP contribution in [0.5, 0.6) is 0 Å². The number of thiocarbonyl (C=S) groups is 1. The molecule has 0 aliphatic carbocycles. The Kier molecular flexibility index (Phi) is 6.28. The van der Waals surface area contributed by atoms with Gasteiger partial charge in [-0.25, -0.2) is 4.79 Å². The topological polar surface area (TPSA) is 41.6 Å². The van der Waals surface area contributed by atoms with Gasteiger partial charge in [-0.1, -0.05) is 19.4 Å². The first-order chi connectivity index (χ1) is 13.8. The van der Waals surface area contributed by atoms with Crippen LogP contribution in [0, 0.1) is 0 Å². The molecule has 29 heavy (non-hydrogen) atoms. The van der Waals surface area contributed by atoms with E-state index < -0.39 is 23.8 Å². The second-order valence-corrected chi connectivity index (χ2v) is 7.59. The van der Waals surface area contributed by atoms with E-state index in [1.165, 1.54) is 29.4 Å². The number of methoxy groups -OCH3 is 1. The molecule has 1 N–H and O–H groups in total. The van der Waals surface area contributed by atoms with Crippen LogP contribution in [0.4, 0.5) is 18.9 Å². The number of hydrogen-bond acceptors (Lipinski definition) is 4. The van der Waals surface area contributed by atoms with Crippen LogP contribution in [-0.4, -0.2) is 18.2 Å². The quantitative estimate of drug-likeness (QED) is 0.496. The number of anilines is 1. The van der Waals surface area contributed by atoms with Crippen molar-refractivity contribution in [3.63, 3.8) is 0 Å². The lowest BCUT2D eigenvalue weighted by atomic mass is 9.94. The number of benzene rings is 1. The van der Waals surface area contributed by atoms with Crippen LogP contribution in [0.1, 0.15) is 36.9 Å². The van der Waals surface area contributed by atoms with Gasteiger partial charge < -0.3 is 10.1 Å². The second-order valence-electron chi connectivity index (χ2n) is 6.42. The second kappa shape index (κ2) is 8.54. The summed E-state index contributed by atoms with van der Waals surface area (Å²) in [5.74, 6) is -0.545. The monoisotopic (exact) mass is 440 g/mol. The first-order valence-electron chi connectivity index (χ1n) is 8.89. The van der Waals surface area contributed by atoms with Crippen LogP contribution in [0.15, 0.2) is 52.4 Å². The zero-order valence-electron chi connectivity index (χ0n) is 15.7. The number of esters is 1. The van der Waals surface area contributed by atoms with Gasteiger partial charge in [0.05, 0.1) is 24.3 Å². The molecule has 0 amide bonds. The Hall–Kier alpha value is -2.39. The summed E-state index contributed by atoms with van der Waals surface area (Å²) < 4.78 is 44.7. The van der Waals surface area contributed by atoms with E-state index in [1.807, 2.05) is 23.8 Å². The van der Waals surface area contributed by atoms with E-state index in [0.717, 1.165) is 17.7 Å². The Morgan fingerprint density at radius 3 is 2.69 bits per heavy atom. The van der Waals surface area contributed by atoms with Gasteiger partial charge in [0.15, 0.2) is 5.11 Å². The Bertz CT molecular complexity index is 939. The Morgan fingerprint density at radius 2 is 2.10 bits per heavy atom. The number of nitrogens with zero attached hydrogens (tertiary/aromatic N) is 1. The first-order valence-corrected chi connectivity index (χ1v) is 10.2. The van der Waals surface area contributed by atoms with Crippen molar-refractivity contribution in [1.82, 2.24) is 5.32 Å². The summed E-state index contributed by atoms with van der Waals surface area (Å²) in [6.07, 6.45) is -3.37. The third-order valence-corrected chi connectivity index (χ3v) is 5.54. The van der Waals surface area contributed by atoms with Crippen molar-refractivity contribution >= 4 is 40.3 Å². The minimum absolute atomic E-state index is 0.233. The lowest BCUT2D eigenvalue weighted by Gasteiger charge is -2.38. The van der Waals surface area contributed by atoms with Crippen molar-refractivity contribution in [3.8, 4) is 0 Å². The van der Waals surface area contributed by atoms with Crippen molar-refractivity contribution in [1.29, 1.82) is 0 Å². The van der Waals surface area contributed by atoms with Gasteiger partial charge in [0.1, 0.15) is 0 Å². The molecule has 0 fully saturated rings. The largest absolute Gasteiger partial charge is 0.466 e. The molecule has 9 heteroatoms. The van der Waals surface area contributed by atoms with E-state index in [9.17, 15) is 18.0 Å². The number of halogens is 3. The van der Waals surface area contributed by atoms with E-state index >= 15 is 0 Å². The first kappa shape index (κ1) is 21.3. The highest BCUT2D eigenvalue weighted by atomic mass is 32.1. The summed E-state index contributed by atoms with van der Waals surface area (Å²) in [5, 5.41) is 7.11. The molecule has 1 aromatic carbocycles. The van der Waals surface area contributed by atoms with Gasteiger partial charge in [-0.05, 0) is 59.2 Å². The molecular formula is C20H19F3N2O2S2. The molecule has 0 saturated heterocycles. The smallest absolute Gasteiger partial charge is 0.416 e. The van der Waals surface area contributed by atoms with Gasteiger partial charge in [-0.2, -0.15) is 24.5 Å².